The van der Waals surface area contributed by atoms with Crippen molar-refractivity contribution in [1.29, 1.82) is 0 Å². The number of rotatable bonds is 7. The average Bonchev–Trinajstić information content (AvgIpc) is 2.66. The Kier molecular flexibility index (Phi) is 10.6. The molecule has 0 aliphatic carbocycles. The summed E-state index contributed by atoms with van der Waals surface area (Å²) in [5.74, 6) is 0.660. The van der Waals surface area contributed by atoms with Crippen molar-refractivity contribution < 1.29 is 13.2 Å². The van der Waals surface area contributed by atoms with Crippen molar-refractivity contribution in [2.45, 2.75) is 57.1 Å². The van der Waals surface area contributed by atoms with Crippen LogP contribution in [-0.2, 0) is 26.4 Å². The van der Waals surface area contributed by atoms with Gasteiger partial charge in [-0.15, -0.1) is 24.0 Å². The summed E-state index contributed by atoms with van der Waals surface area (Å²) in [5, 5.41) is 6.55. The topological polar surface area (TPSA) is 79.8 Å². The molecule has 30 heavy (non-hydrogen) atoms. The van der Waals surface area contributed by atoms with E-state index < -0.39 is 14.6 Å². The molecule has 0 unspecified atom stereocenters. The van der Waals surface area contributed by atoms with Crippen LogP contribution in [0, 0.1) is 0 Å². The zero-order chi connectivity index (χ0) is 21.5. The number of nitrogens with one attached hydrogen (secondary N) is 2. The second-order valence-electron chi connectivity index (χ2n) is 8.89. The molecule has 1 aliphatic heterocycles. The van der Waals surface area contributed by atoms with Gasteiger partial charge in [-0.1, -0.05) is 45.0 Å². The van der Waals surface area contributed by atoms with Gasteiger partial charge in [0.1, 0.15) is 0 Å². The molecule has 0 saturated carbocycles. The van der Waals surface area contributed by atoms with Crippen LogP contribution in [0.4, 0.5) is 0 Å². The van der Waals surface area contributed by atoms with E-state index in [1.54, 1.807) is 0 Å². The van der Waals surface area contributed by atoms with Gasteiger partial charge in [-0.25, -0.2) is 8.42 Å². The summed E-state index contributed by atoms with van der Waals surface area (Å²) in [4.78, 5) is 4.61. The molecular formula is C22H38IN3O3S. The van der Waals surface area contributed by atoms with Crippen LogP contribution in [0.1, 0.15) is 51.7 Å². The first-order chi connectivity index (χ1) is 13.6. The first kappa shape index (κ1) is 27.2. The van der Waals surface area contributed by atoms with Crippen molar-refractivity contribution in [3.63, 3.8) is 0 Å². The fraction of sp³-hybridized carbons (Fsp3) is 0.682. The van der Waals surface area contributed by atoms with Gasteiger partial charge in [0.05, 0.1) is 11.3 Å². The number of benzene rings is 1. The molecule has 2 rings (SSSR count). The van der Waals surface area contributed by atoms with Crippen molar-refractivity contribution in [2.75, 3.05) is 39.1 Å². The maximum Gasteiger partial charge on any atom is 0.191 e. The Balaban J connectivity index is 0.00000450. The van der Waals surface area contributed by atoms with Gasteiger partial charge in [-0.3, -0.25) is 4.99 Å². The molecule has 1 heterocycles. The number of ether oxygens (including phenoxy) is 1. The van der Waals surface area contributed by atoms with E-state index in [1.807, 2.05) is 6.92 Å². The molecule has 0 spiro atoms. The van der Waals surface area contributed by atoms with Crippen LogP contribution in [0.15, 0.2) is 29.3 Å². The van der Waals surface area contributed by atoms with E-state index >= 15 is 0 Å². The number of halogens is 1. The lowest BCUT2D eigenvalue weighted by Gasteiger charge is -2.34. The van der Waals surface area contributed by atoms with Crippen LogP contribution in [0.3, 0.4) is 0 Å². The Hall–Kier alpha value is -0.870. The highest BCUT2D eigenvalue weighted by molar-refractivity contribution is 14.0. The van der Waals surface area contributed by atoms with E-state index in [-0.39, 0.29) is 35.9 Å². The largest absolute Gasteiger partial charge is 0.381 e. The molecular weight excluding hydrogens is 513 g/mol. The molecule has 0 atom stereocenters. The van der Waals surface area contributed by atoms with Gasteiger partial charge >= 0.3 is 0 Å². The lowest BCUT2D eigenvalue weighted by Crippen LogP contribution is -2.47. The lowest BCUT2D eigenvalue weighted by molar-refractivity contribution is 0.0768. The Morgan fingerprint density at radius 2 is 1.73 bits per heavy atom. The molecule has 0 aromatic heterocycles. The highest BCUT2D eigenvalue weighted by Crippen LogP contribution is 2.29. The van der Waals surface area contributed by atoms with Gasteiger partial charge in [0.25, 0.3) is 0 Å². The van der Waals surface area contributed by atoms with E-state index in [2.05, 4.69) is 60.7 Å². The Morgan fingerprint density at radius 3 is 2.23 bits per heavy atom. The van der Waals surface area contributed by atoms with E-state index in [1.165, 1.54) is 17.4 Å². The quantitative estimate of drug-likeness (QED) is 0.309. The van der Waals surface area contributed by atoms with Crippen molar-refractivity contribution in [2.24, 2.45) is 4.99 Å². The molecule has 6 nitrogen and oxygen atoms in total. The summed E-state index contributed by atoms with van der Waals surface area (Å²) >= 11 is 0. The maximum absolute atomic E-state index is 12.4. The van der Waals surface area contributed by atoms with Crippen LogP contribution in [0.5, 0.6) is 0 Å². The van der Waals surface area contributed by atoms with Gasteiger partial charge in [-0.2, -0.15) is 0 Å². The van der Waals surface area contributed by atoms with Crippen LogP contribution >= 0.6 is 24.0 Å². The summed E-state index contributed by atoms with van der Waals surface area (Å²) in [6.45, 7) is 11.3. The average molecular weight is 552 g/mol. The number of sulfone groups is 1. The standard InChI is InChI=1S/C22H37N3O3S.HI/c1-6-23-20(25-17-22(29(5,26)27)12-15-28-16-13-22)24-14-11-18-7-9-19(10-8-18)21(2,3)4;/h7-10H,6,11-17H2,1-5H3,(H2,23,24,25);1H. The van der Waals surface area contributed by atoms with Crippen LogP contribution in [0.2, 0.25) is 0 Å². The third-order valence-corrected chi connectivity index (χ3v) is 7.70. The summed E-state index contributed by atoms with van der Waals surface area (Å²) in [6, 6.07) is 8.73. The zero-order valence-corrected chi connectivity index (χ0v) is 22.1. The second-order valence-corrected chi connectivity index (χ2v) is 11.3. The normalized spacial score (nSPS) is 17.2. The van der Waals surface area contributed by atoms with Crippen molar-refractivity contribution in [3.05, 3.63) is 35.4 Å². The smallest absolute Gasteiger partial charge is 0.191 e. The van der Waals surface area contributed by atoms with Gasteiger partial charge in [0.2, 0.25) is 0 Å². The highest BCUT2D eigenvalue weighted by Gasteiger charge is 2.42. The molecule has 1 aliphatic rings. The minimum atomic E-state index is -3.22. The minimum Gasteiger partial charge on any atom is -0.381 e. The summed E-state index contributed by atoms with van der Waals surface area (Å²) in [6.07, 6.45) is 3.18. The molecule has 0 amide bonds. The van der Waals surface area contributed by atoms with Crippen molar-refractivity contribution in [1.82, 2.24) is 10.6 Å². The highest BCUT2D eigenvalue weighted by atomic mass is 127. The molecule has 1 saturated heterocycles. The van der Waals surface area contributed by atoms with Gasteiger partial charge < -0.3 is 15.4 Å². The molecule has 1 fully saturated rings. The van der Waals surface area contributed by atoms with E-state index in [0.29, 0.717) is 32.0 Å². The Morgan fingerprint density at radius 1 is 1.13 bits per heavy atom. The third-order valence-electron chi connectivity index (χ3n) is 5.59. The molecule has 1 aromatic carbocycles. The SMILES string of the molecule is CCNC(=NCC1(S(C)(=O)=O)CCOCC1)NCCc1ccc(C(C)(C)C)cc1.I. The Labute approximate surface area is 199 Å². The van der Waals surface area contributed by atoms with Crippen molar-refractivity contribution in [3.8, 4) is 0 Å². The fourth-order valence-corrected chi connectivity index (χ4v) is 4.66. The van der Waals surface area contributed by atoms with E-state index in [0.717, 1.165) is 19.5 Å². The molecule has 0 radical (unpaired) electrons. The number of hydrogen-bond donors (Lipinski definition) is 2. The van der Waals surface area contributed by atoms with E-state index in [9.17, 15) is 8.42 Å². The van der Waals surface area contributed by atoms with Crippen LogP contribution in [0.25, 0.3) is 0 Å². The van der Waals surface area contributed by atoms with Crippen molar-refractivity contribution >= 4 is 39.8 Å². The summed E-state index contributed by atoms with van der Waals surface area (Å²) < 4.78 is 29.4. The first-order valence-electron chi connectivity index (χ1n) is 10.5. The van der Waals surface area contributed by atoms with Gasteiger partial charge in [0, 0.05) is 32.6 Å². The summed E-state index contributed by atoms with van der Waals surface area (Å²) in [5.41, 5.74) is 2.74. The van der Waals surface area contributed by atoms with Gasteiger partial charge in [0.15, 0.2) is 15.8 Å². The molecule has 8 heteroatoms. The number of nitrogens with zero attached hydrogens (tertiary/aromatic N) is 1. The zero-order valence-electron chi connectivity index (χ0n) is 19.0. The second kappa shape index (κ2) is 11.7. The predicted molar refractivity (Wildman–Crippen MR) is 136 cm³/mol. The fourth-order valence-electron chi connectivity index (χ4n) is 3.45. The predicted octanol–water partition coefficient (Wildman–Crippen LogP) is 3.29. The number of guanidine groups is 1. The van der Waals surface area contributed by atoms with Crippen LogP contribution in [-0.4, -0.2) is 58.2 Å². The lowest BCUT2D eigenvalue weighted by atomic mass is 9.86. The Bertz CT molecular complexity index is 781. The summed E-state index contributed by atoms with van der Waals surface area (Å²) in [7, 11) is -3.22. The minimum absolute atomic E-state index is 0. The van der Waals surface area contributed by atoms with Crippen LogP contribution < -0.4 is 10.6 Å². The van der Waals surface area contributed by atoms with E-state index in [4.69, 9.17) is 4.74 Å². The molecule has 172 valence electrons. The molecule has 0 bridgehead atoms. The number of aliphatic imine (C=N–C) groups is 1. The monoisotopic (exact) mass is 551 g/mol. The maximum atomic E-state index is 12.4. The molecule has 2 N–H and O–H groups in total. The molecule has 1 aromatic rings. The first-order valence-corrected chi connectivity index (χ1v) is 12.4. The van der Waals surface area contributed by atoms with Gasteiger partial charge in [-0.05, 0) is 42.7 Å². The third kappa shape index (κ3) is 7.67. The number of hydrogen-bond acceptors (Lipinski definition) is 4.